The molecule has 1 aliphatic rings. The van der Waals surface area contributed by atoms with Crippen molar-refractivity contribution in [1.82, 2.24) is 20.4 Å². The molecule has 1 aromatic carbocycles. The van der Waals surface area contributed by atoms with Gasteiger partial charge in [0.05, 0.1) is 6.10 Å². The predicted octanol–water partition coefficient (Wildman–Crippen LogP) is 2.30. The van der Waals surface area contributed by atoms with Crippen molar-refractivity contribution in [3.05, 3.63) is 35.9 Å². The lowest BCUT2D eigenvalue weighted by Gasteiger charge is -2.29. The number of likely N-dealkylation sites (tertiary alicyclic amines) is 1. The van der Waals surface area contributed by atoms with Crippen molar-refractivity contribution in [2.75, 3.05) is 46.3 Å². The van der Waals surface area contributed by atoms with Gasteiger partial charge >= 0.3 is 0 Å². The van der Waals surface area contributed by atoms with Crippen LogP contribution in [0.4, 0.5) is 0 Å². The van der Waals surface area contributed by atoms with E-state index in [1.54, 1.807) is 0 Å². The Labute approximate surface area is 177 Å². The first-order chi connectivity index (χ1) is 14.1. The molecule has 1 atom stereocenters. The molecular weight excluding hydrogens is 362 g/mol. The topological polar surface area (TPSA) is 63.1 Å². The van der Waals surface area contributed by atoms with Crippen molar-refractivity contribution in [1.29, 1.82) is 0 Å². The molecule has 1 aromatic rings. The second-order valence-electron chi connectivity index (χ2n) is 8.15. The molecule has 2 rings (SSSR count). The molecule has 3 N–H and O–H groups in total. The molecule has 29 heavy (non-hydrogen) atoms. The summed E-state index contributed by atoms with van der Waals surface area (Å²) in [6, 6.07) is 11.1. The lowest BCUT2D eigenvalue weighted by molar-refractivity contribution is 0.0824. The Morgan fingerprint density at radius 2 is 1.97 bits per heavy atom. The first-order valence-corrected chi connectivity index (χ1v) is 11.2. The number of aliphatic hydroxyl groups is 1. The summed E-state index contributed by atoms with van der Waals surface area (Å²) in [5, 5.41) is 16.4. The minimum Gasteiger partial charge on any atom is -0.393 e. The maximum absolute atomic E-state index is 9.59. The quantitative estimate of drug-likeness (QED) is 0.301. The molecule has 0 bridgehead atoms. The molecule has 0 aliphatic carbocycles. The Kier molecular flexibility index (Phi) is 11.1. The zero-order chi connectivity index (χ0) is 20.9. The first kappa shape index (κ1) is 23.6. The number of hydrogen-bond acceptors (Lipinski definition) is 4. The highest BCUT2D eigenvalue weighted by molar-refractivity contribution is 5.79. The third-order valence-corrected chi connectivity index (χ3v) is 5.69. The van der Waals surface area contributed by atoms with Crippen molar-refractivity contribution in [2.45, 2.75) is 58.2 Å². The SMILES string of the molecule is CCNC(=NCCCN1CCC(O)CC1)NCCC(C)N(C)Cc1ccccc1. The monoisotopic (exact) mass is 403 g/mol. The highest BCUT2D eigenvalue weighted by Gasteiger charge is 2.16. The molecule has 1 unspecified atom stereocenters. The van der Waals surface area contributed by atoms with E-state index in [1.165, 1.54) is 5.56 Å². The molecule has 1 saturated heterocycles. The summed E-state index contributed by atoms with van der Waals surface area (Å²) in [4.78, 5) is 9.56. The molecule has 6 heteroatoms. The van der Waals surface area contributed by atoms with E-state index in [9.17, 15) is 5.11 Å². The van der Waals surface area contributed by atoms with Crippen LogP contribution in [0.15, 0.2) is 35.3 Å². The van der Waals surface area contributed by atoms with Gasteiger partial charge in [-0.3, -0.25) is 9.89 Å². The number of hydrogen-bond donors (Lipinski definition) is 3. The number of benzene rings is 1. The molecular formula is C23H41N5O. The second-order valence-corrected chi connectivity index (χ2v) is 8.15. The normalized spacial score (nSPS) is 17.5. The van der Waals surface area contributed by atoms with Crippen LogP contribution in [-0.4, -0.2) is 79.3 Å². The number of nitrogens with zero attached hydrogens (tertiary/aromatic N) is 3. The first-order valence-electron chi connectivity index (χ1n) is 11.2. The van der Waals surface area contributed by atoms with Gasteiger partial charge in [-0.2, -0.15) is 0 Å². The Hall–Kier alpha value is -1.63. The summed E-state index contributed by atoms with van der Waals surface area (Å²) in [6.07, 6.45) is 3.85. The fraction of sp³-hybridized carbons (Fsp3) is 0.696. The zero-order valence-electron chi connectivity index (χ0n) is 18.6. The van der Waals surface area contributed by atoms with Gasteiger partial charge in [-0.1, -0.05) is 30.3 Å². The maximum atomic E-state index is 9.59. The van der Waals surface area contributed by atoms with Crippen LogP contribution in [-0.2, 0) is 6.54 Å². The maximum Gasteiger partial charge on any atom is 0.191 e. The van der Waals surface area contributed by atoms with Gasteiger partial charge in [-0.25, -0.2) is 0 Å². The number of nitrogens with one attached hydrogen (secondary N) is 2. The number of rotatable bonds is 11. The third kappa shape index (κ3) is 9.61. The molecule has 0 radical (unpaired) electrons. The van der Waals surface area contributed by atoms with Crippen LogP contribution in [0.3, 0.4) is 0 Å². The Balaban J connectivity index is 1.64. The molecule has 0 spiro atoms. The van der Waals surface area contributed by atoms with Crippen LogP contribution in [0.25, 0.3) is 0 Å². The summed E-state index contributed by atoms with van der Waals surface area (Å²) in [5.74, 6) is 0.916. The molecule has 164 valence electrons. The number of guanidine groups is 1. The van der Waals surface area contributed by atoms with Crippen LogP contribution < -0.4 is 10.6 Å². The summed E-state index contributed by atoms with van der Waals surface area (Å²) in [5.41, 5.74) is 1.35. The molecule has 0 saturated carbocycles. The number of aliphatic hydroxyl groups excluding tert-OH is 1. The Morgan fingerprint density at radius 3 is 2.66 bits per heavy atom. The van der Waals surface area contributed by atoms with Crippen LogP contribution in [0.2, 0.25) is 0 Å². The van der Waals surface area contributed by atoms with E-state index < -0.39 is 0 Å². The van der Waals surface area contributed by atoms with Gasteiger partial charge in [-0.05, 0) is 58.7 Å². The molecule has 0 aromatic heterocycles. The summed E-state index contributed by atoms with van der Waals surface area (Å²) >= 11 is 0. The van der Waals surface area contributed by atoms with E-state index in [0.29, 0.717) is 6.04 Å². The van der Waals surface area contributed by atoms with Crippen molar-refractivity contribution in [3.63, 3.8) is 0 Å². The highest BCUT2D eigenvalue weighted by atomic mass is 16.3. The van der Waals surface area contributed by atoms with Crippen molar-refractivity contribution >= 4 is 5.96 Å². The van der Waals surface area contributed by atoms with Gasteiger partial charge < -0.3 is 20.6 Å². The highest BCUT2D eigenvalue weighted by Crippen LogP contribution is 2.10. The van der Waals surface area contributed by atoms with E-state index in [-0.39, 0.29) is 6.10 Å². The van der Waals surface area contributed by atoms with Gasteiger partial charge in [0.25, 0.3) is 0 Å². The van der Waals surface area contributed by atoms with Crippen molar-refractivity contribution < 1.29 is 5.11 Å². The minimum atomic E-state index is -0.0945. The van der Waals surface area contributed by atoms with Crippen LogP contribution in [0.5, 0.6) is 0 Å². The zero-order valence-corrected chi connectivity index (χ0v) is 18.6. The fourth-order valence-electron chi connectivity index (χ4n) is 3.62. The van der Waals surface area contributed by atoms with E-state index in [0.717, 1.165) is 77.5 Å². The predicted molar refractivity (Wildman–Crippen MR) is 122 cm³/mol. The second kappa shape index (κ2) is 13.6. The minimum absolute atomic E-state index is 0.0945. The van der Waals surface area contributed by atoms with Gasteiger partial charge in [0.15, 0.2) is 5.96 Å². The smallest absolute Gasteiger partial charge is 0.191 e. The molecule has 1 heterocycles. The standard InChI is InChI=1S/C23H41N5O/c1-4-24-23(25-14-8-16-28-17-12-22(29)13-18-28)26-15-11-20(2)27(3)19-21-9-6-5-7-10-21/h5-7,9-10,20,22,29H,4,8,11-19H2,1-3H3,(H2,24,25,26). The van der Waals surface area contributed by atoms with Crippen LogP contribution in [0.1, 0.15) is 45.1 Å². The van der Waals surface area contributed by atoms with Gasteiger partial charge in [0.2, 0.25) is 0 Å². The van der Waals surface area contributed by atoms with E-state index in [2.05, 4.69) is 71.7 Å². The average Bonchev–Trinajstić information content (AvgIpc) is 2.73. The van der Waals surface area contributed by atoms with Crippen molar-refractivity contribution in [2.24, 2.45) is 4.99 Å². The molecule has 6 nitrogen and oxygen atoms in total. The third-order valence-electron chi connectivity index (χ3n) is 5.69. The largest absolute Gasteiger partial charge is 0.393 e. The van der Waals surface area contributed by atoms with Crippen LogP contribution in [0, 0.1) is 0 Å². The van der Waals surface area contributed by atoms with E-state index >= 15 is 0 Å². The van der Waals surface area contributed by atoms with Crippen LogP contribution >= 0.6 is 0 Å². The lowest BCUT2D eigenvalue weighted by atomic mass is 10.1. The van der Waals surface area contributed by atoms with Gasteiger partial charge in [0.1, 0.15) is 0 Å². The molecule has 0 amide bonds. The lowest BCUT2D eigenvalue weighted by Crippen LogP contribution is -2.40. The summed E-state index contributed by atoms with van der Waals surface area (Å²) in [7, 11) is 2.19. The number of piperidine rings is 1. The average molecular weight is 404 g/mol. The molecule has 1 fully saturated rings. The number of aliphatic imine (C=N–C) groups is 1. The fourth-order valence-corrected chi connectivity index (χ4v) is 3.62. The van der Waals surface area contributed by atoms with Crippen molar-refractivity contribution in [3.8, 4) is 0 Å². The van der Waals surface area contributed by atoms with E-state index in [1.807, 2.05) is 0 Å². The van der Waals surface area contributed by atoms with Gasteiger partial charge in [-0.15, -0.1) is 0 Å². The van der Waals surface area contributed by atoms with Gasteiger partial charge in [0, 0.05) is 45.3 Å². The Morgan fingerprint density at radius 1 is 1.24 bits per heavy atom. The Bertz CT molecular complexity index is 572. The molecule has 1 aliphatic heterocycles. The summed E-state index contributed by atoms with van der Waals surface area (Å²) < 4.78 is 0. The van der Waals surface area contributed by atoms with E-state index in [4.69, 9.17) is 4.99 Å². The summed E-state index contributed by atoms with van der Waals surface area (Å²) in [6.45, 7) is 11.1.